The van der Waals surface area contributed by atoms with E-state index in [2.05, 4.69) is 46.2 Å². The third-order valence-corrected chi connectivity index (χ3v) is 3.99. The number of anilines is 1. The minimum absolute atomic E-state index is 0.147. The van der Waals surface area contributed by atoms with Crippen LogP contribution in [-0.2, 0) is 10.2 Å². The van der Waals surface area contributed by atoms with Gasteiger partial charge in [-0.05, 0) is 0 Å². The zero-order chi connectivity index (χ0) is 16.4. The van der Waals surface area contributed by atoms with Crippen LogP contribution in [0.5, 0.6) is 0 Å². The summed E-state index contributed by atoms with van der Waals surface area (Å²) in [6.45, 7) is 11.4. The van der Waals surface area contributed by atoms with Crippen LogP contribution in [0.15, 0.2) is 11.0 Å². The summed E-state index contributed by atoms with van der Waals surface area (Å²) in [7, 11) is 0. The first-order chi connectivity index (χ1) is 10.9. The van der Waals surface area contributed by atoms with Crippen molar-refractivity contribution in [3.05, 3.63) is 22.4 Å². The summed E-state index contributed by atoms with van der Waals surface area (Å²) in [6, 6.07) is 0. The van der Waals surface area contributed by atoms with Gasteiger partial charge in [0, 0.05) is 37.8 Å². The van der Waals surface area contributed by atoms with Crippen LogP contribution in [0.1, 0.15) is 26.5 Å². The molecule has 23 heavy (non-hydrogen) atoms. The van der Waals surface area contributed by atoms with Crippen LogP contribution in [0.25, 0.3) is 5.65 Å². The van der Waals surface area contributed by atoms with Gasteiger partial charge >= 0.3 is 5.69 Å². The fourth-order valence-electron chi connectivity index (χ4n) is 2.55. The van der Waals surface area contributed by atoms with Crippen LogP contribution < -0.4 is 11.0 Å². The topological polar surface area (TPSA) is 87.5 Å². The summed E-state index contributed by atoms with van der Waals surface area (Å²) in [5.74, 6) is 0.643. The molecule has 2 N–H and O–H groups in total. The molecule has 8 nitrogen and oxygen atoms in total. The lowest BCUT2D eigenvalue weighted by atomic mass is 9.93. The molecule has 0 aliphatic carbocycles. The Bertz CT molecular complexity index is 724. The average molecular weight is 320 g/mol. The number of fused-ring (bicyclic) bond motifs is 1. The summed E-state index contributed by atoms with van der Waals surface area (Å²) in [5.41, 5.74) is 0.988. The average Bonchev–Trinajstić information content (AvgIpc) is 2.89. The molecule has 0 bridgehead atoms. The van der Waals surface area contributed by atoms with Crippen molar-refractivity contribution in [1.29, 1.82) is 0 Å². The van der Waals surface area contributed by atoms with Crippen molar-refractivity contribution in [2.24, 2.45) is 0 Å². The number of hydrogen-bond donors (Lipinski definition) is 2. The number of morpholine rings is 1. The smallest absolute Gasteiger partial charge is 0.347 e. The molecule has 0 amide bonds. The van der Waals surface area contributed by atoms with E-state index >= 15 is 0 Å². The maximum absolute atomic E-state index is 11.9. The lowest BCUT2D eigenvalue weighted by molar-refractivity contribution is 0.0398. The minimum Gasteiger partial charge on any atom is -0.379 e. The third kappa shape index (κ3) is 3.53. The molecule has 0 radical (unpaired) electrons. The standard InChI is InChI=1S/C15H24N6O2/c1-15(2,3)11-10-21-13(18-19-14(21)22)12(17-11)16-4-5-20-6-8-23-9-7-20/h10H,4-9H2,1-3H3,(H,16,17)(H,19,22). The SMILES string of the molecule is CC(C)(C)c1cn2c(=O)[nH]nc2c(NCCN2CCOCC2)n1. The van der Waals surface area contributed by atoms with Crippen molar-refractivity contribution in [3.8, 4) is 0 Å². The number of aromatic nitrogens is 4. The molecular formula is C15H24N6O2. The van der Waals surface area contributed by atoms with Crippen molar-refractivity contribution in [1.82, 2.24) is 24.5 Å². The highest BCUT2D eigenvalue weighted by molar-refractivity contribution is 5.62. The van der Waals surface area contributed by atoms with Gasteiger partial charge < -0.3 is 10.1 Å². The molecule has 126 valence electrons. The van der Waals surface area contributed by atoms with Gasteiger partial charge in [-0.3, -0.25) is 4.90 Å². The predicted octanol–water partition coefficient (Wildman–Crippen LogP) is 0.459. The van der Waals surface area contributed by atoms with Crippen molar-refractivity contribution >= 4 is 11.5 Å². The predicted molar refractivity (Wildman–Crippen MR) is 88.1 cm³/mol. The minimum atomic E-state index is -0.246. The molecule has 2 aromatic heterocycles. The number of H-pyrrole nitrogens is 1. The van der Waals surface area contributed by atoms with Crippen molar-refractivity contribution in [2.45, 2.75) is 26.2 Å². The number of nitrogens with zero attached hydrogens (tertiary/aromatic N) is 4. The molecule has 0 atom stereocenters. The first kappa shape index (κ1) is 15.9. The lowest BCUT2D eigenvalue weighted by Gasteiger charge is -2.26. The molecule has 2 aromatic rings. The van der Waals surface area contributed by atoms with Crippen LogP contribution in [0.4, 0.5) is 5.82 Å². The molecule has 8 heteroatoms. The van der Waals surface area contributed by atoms with Gasteiger partial charge in [-0.2, -0.15) is 0 Å². The van der Waals surface area contributed by atoms with Gasteiger partial charge in [-0.25, -0.2) is 19.3 Å². The van der Waals surface area contributed by atoms with E-state index < -0.39 is 0 Å². The zero-order valence-corrected chi connectivity index (χ0v) is 13.9. The summed E-state index contributed by atoms with van der Waals surface area (Å²) < 4.78 is 6.87. The molecule has 0 saturated carbocycles. The summed E-state index contributed by atoms with van der Waals surface area (Å²) in [5, 5.41) is 9.88. The second kappa shape index (κ2) is 6.29. The van der Waals surface area contributed by atoms with Crippen molar-refractivity contribution in [2.75, 3.05) is 44.7 Å². The third-order valence-electron chi connectivity index (χ3n) is 3.99. The Labute approximate surface area is 134 Å². The fourth-order valence-corrected chi connectivity index (χ4v) is 2.55. The van der Waals surface area contributed by atoms with E-state index in [4.69, 9.17) is 4.74 Å². The van der Waals surface area contributed by atoms with Gasteiger partial charge in [0.25, 0.3) is 0 Å². The number of aromatic amines is 1. The Morgan fingerprint density at radius 2 is 2.09 bits per heavy atom. The van der Waals surface area contributed by atoms with Crippen LogP contribution in [0, 0.1) is 0 Å². The van der Waals surface area contributed by atoms with E-state index in [1.165, 1.54) is 4.40 Å². The number of rotatable bonds is 4. The summed E-state index contributed by atoms with van der Waals surface area (Å²) in [4.78, 5) is 18.9. The highest BCUT2D eigenvalue weighted by Gasteiger charge is 2.20. The monoisotopic (exact) mass is 320 g/mol. The molecule has 3 heterocycles. The van der Waals surface area contributed by atoms with E-state index in [1.807, 2.05) is 0 Å². The summed E-state index contributed by atoms with van der Waals surface area (Å²) >= 11 is 0. The van der Waals surface area contributed by atoms with Gasteiger partial charge in [-0.1, -0.05) is 20.8 Å². The molecule has 0 spiro atoms. The number of ether oxygens (including phenoxy) is 1. The highest BCUT2D eigenvalue weighted by Crippen LogP contribution is 2.22. The van der Waals surface area contributed by atoms with Crippen molar-refractivity contribution in [3.63, 3.8) is 0 Å². The van der Waals surface area contributed by atoms with Crippen LogP contribution >= 0.6 is 0 Å². The van der Waals surface area contributed by atoms with Gasteiger partial charge in [0.15, 0.2) is 5.82 Å². The van der Waals surface area contributed by atoms with Crippen molar-refractivity contribution < 1.29 is 4.74 Å². The Hall–Kier alpha value is -1.93. The molecule has 1 saturated heterocycles. The van der Waals surface area contributed by atoms with E-state index in [0.29, 0.717) is 11.5 Å². The molecular weight excluding hydrogens is 296 g/mol. The Morgan fingerprint density at radius 1 is 1.35 bits per heavy atom. The Morgan fingerprint density at radius 3 is 2.78 bits per heavy atom. The molecule has 3 rings (SSSR count). The maximum atomic E-state index is 11.9. The first-order valence-corrected chi connectivity index (χ1v) is 7.97. The molecule has 1 aliphatic heterocycles. The first-order valence-electron chi connectivity index (χ1n) is 7.97. The Kier molecular flexibility index (Phi) is 4.36. The van der Waals surface area contributed by atoms with E-state index in [-0.39, 0.29) is 11.1 Å². The lowest BCUT2D eigenvalue weighted by Crippen LogP contribution is -2.39. The zero-order valence-electron chi connectivity index (χ0n) is 13.9. The van der Waals surface area contributed by atoms with Crippen LogP contribution in [-0.4, -0.2) is 63.9 Å². The largest absolute Gasteiger partial charge is 0.379 e. The summed E-state index contributed by atoms with van der Waals surface area (Å²) in [6.07, 6.45) is 1.76. The van der Waals surface area contributed by atoms with Gasteiger partial charge in [-0.15, -0.1) is 5.10 Å². The van der Waals surface area contributed by atoms with Crippen LogP contribution in [0.2, 0.25) is 0 Å². The molecule has 1 fully saturated rings. The Balaban J connectivity index is 1.79. The normalized spacial score (nSPS) is 16.8. The second-order valence-electron chi connectivity index (χ2n) is 6.83. The molecule has 1 aliphatic rings. The number of nitrogens with one attached hydrogen (secondary N) is 2. The van der Waals surface area contributed by atoms with Gasteiger partial charge in [0.2, 0.25) is 5.65 Å². The van der Waals surface area contributed by atoms with E-state index in [9.17, 15) is 4.79 Å². The van der Waals surface area contributed by atoms with E-state index in [0.717, 1.165) is 45.1 Å². The van der Waals surface area contributed by atoms with Crippen LogP contribution in [0.3, 0.4) is 0 Å². The fraction of sp³-hybridized carbons (Fsp3) is 0.667. The maximum Gasteiger partial charge on any atom is 0.347 e. The number of hydrogen-bond acceptors (Lipinski definition) is 6. The molecule has 0 unspecified atom stereocenters. The second-order valence-corrected chi connectivity index (χ2v) is 6.83. The van der Waals surface area contributed by atoms with E-state index in [1.54, 1.807) is 6.20 Å². The van der Waals surface area contributed by atoms with Gasteiger partial charge in [0.05, 0.1) is 18.9 Å². The highest BCUT2D eigenvalue weighted by atomic mass is 16.5. The quantitative estimate of drug-likeness (QED) is 0.851. The van der Waals surface area contributed by atoms with Gasteiger partial charge in [0.1, 0.15) is 0 Å². The molecule has 0 aromatic carbocycles.